The molecule has 1 amide bonds. The first kappa shape index (κ1) is 14.3. The van der Waals surface area contributed by atoms with E-state index in [-0.39, 0.29) is 17.9 Å². The number of carbonyl (C=O) groups is 1. The smallest absolute Gasteiger partial charge is 0.250 e. The van der Waals surface area contributed by atoms with Gasteiger partial charge in [0, 0.05) is 35.9 Å². The van der Waals surface area contributed by atoms with Crippen molar-refractivity contribution in [3.05, 3.63) is 63.5 Å². The lowest BCUT2D eigenvalue weighted by molar-refractivity contribution is -0.116. The number of amides is 1. The molecule has 0 saturated heterocycles. The largest absolute Gasteiger partial charge is 0.326 e. The molecule has 5 heteroatoms. The van der Waals surface area contributed by atoms with Gasteiger partial charge in [0.05, 0.1) is 0 Å². The minimum absolute atomic E-state index is 0.112. The quantitative estimate of drug-likeness (QED) is 0.941. The monoisotopic (exact) mass is 290 g/mol. The number of aryl methyl sites for hydroxylation is 2. The third kappa shape index (κ3) is 3.71. The van der Waals surface area contributed by atoms with Gasteiger partial charge in [0.25, 0.3) is 5.56 Å². The number of anilines is 1. The molecular formula is C15H15ClN2O2. The second-order valence-corrected chi connectivity index (χ2v) is 4.90. The summed E-state index contributed by atoms with van der Waals surface area (Å²) >= 11 is 5.99. The molecule has 0 unspecified atom stereocenters. The van der Waals surface area contributed by atoms with Gasteiger partial charge in [-0.1, -0.05) is 23.7 Å². The van der Waals surface area contributed by atoms with Crippen molar-refractivity contribution in [2.24, 2.45) is 0 Å². The number of halogens is 1. The molecule has 0 aliphatic carbocycles. The zero-order valence-corrected chi connectivity index (χ0v) is 11.9. The summed E-state index contributed by atoms with van der Waals surface area (Å²) in [5, 5.41) is 3.37. The molecule has 2 aromatic rings. The highest BCUT2D eigenvalue weighted by molar-refractivity contribution is 6.31. The topological polar surface area (TPSA) is 51.1 Å². The molecule has 2 rings (SSSR count). The molecule has 0 aliphatic heterocycles. The zero-order valence-electron chi connectivity index (χ0n) is 11.1. The molecule has 0 bridgehead atoms. The molecule has 0 atom stereocenters. The summed E-state index contributed by atoms with van der Waals surface area (Å²) in [5.74, 6) is -0.152. The number of nitrogens with zero attached hydrogens (tertiary/aromatic N) is 1. The number of nitrogens with one attached hydrogen (secondary N) is 1. The Balaban J connectivity index is 1.94. The first-order chi connectivity index (χ1) is 9.56. The summed E-state index contributed by atoms with van der Waals surface area (Å²) < 4.78 is 1.50. The van der Waals surface area contributed by atoms with Crippen LogP contribution in [0.15, 0.2) is 47.4 Å². The van der Waals surface area contributed by atoms with Gasteiger partial charge in [-0.2, -0.15) is 0 Å². The molecular weight excluding hydrogens is 276 g/mol. The van der Waals surface area contributed by atoms with Gasteiger partial charge in [0.15, 0.2) is 0 Å². The molecule has 20 heavy (non-hydrogen) atoms. The lowest BCUT2D eigenvalue weighted by Gasteiger charge is -2.08. The lowest BCUT2D eigenvalue weighted by Crippen LogP contribution is -2.21. The number of carbonyl (C=O) groups excluding carboxylic acids is 1. The Morgan fingerprint density at radius 3 is 2.80 bits per heavy atom. The first-order valence-electron chi connectivity index (χ1n) is 6.28. The Hall–Kier alpha value is -2.07. The van der Waals surface area contributed by atoms with E-state index in [1.807, 2.05) is 13.0 Å². The summed E-state index contributed by atoms with van der Waals surface area (Å²) in [5.41, 5.74) is 1.50. The van der Waals surface area contributed by atoms with Gasteiger partial charge in [-0.05, 0) is 30.7 Å². The summed E-state index contributed by atoms with van der Waals surface area (Å²) in [4.78, 5) is 23.3. The van der Waals surface area contributed by atoms with E-state index in [2.05, 4.69) is 5.32 Å². The fourth-order valence-corrected chi connectivity index (χ4v) is 1.94. The minimum atomic E-state index is -0.152. The van der Waals surface area contributed by atoms with Gasteiger partial charge < -0.3 is 9.88 Å². The van der Waals surface area contributed by atoms with Crippen LogP contribution < -0.4 is 10.9 Å². The summed E-state index contributed by atoms with van der Waals surface area (Å²) in [6.45, 7) is 2.25. The van der Waals surface area contributed by atoms with Gasteiger partial charge >= 0.3 is 0 Å². The molecule has 0 spiro atoms. The van der Waals surface area contributed by atoms with Crippen molar-refractivity contribution in [2.45, 2.75) is 19.9 Å². The Morgan fingerprint density at radius 1 is 1.30 bits per heavy atom. The molecule has 104 valence electrons. The van der Waals surface area contributed by atoms with E-state index in [4.69, 9.17) is 11.6 Å². The van der Waals surface area contributed by atoms with Crippen LogP contribution in [0.4, 0.5) is 5.69 Å². The number of hydrogen-bond donors (Lipinski definition) is 1. The van der Waals surface area contributed by atoms with E-state index in [1.54, 1.807) is 30.5 Å². The van der Waals surface area contributed by atoms with Crippen molar-refractivity contribution in [2.75, 3.05) is 5.32 Å². The number of aromatic nitrogens is 1. The minimum Gasteiger partial charge on any atom is -0.326 e. The highest BCUT2D eigenvalue weighted by atomic mass is 35.5. The van der Waals surface area contributed by atoms with E-state index in [0.29, 0.717) is 17.3 Å². The van der Waals surface area contributed by atoms with Gasteiger partial charge in [-0.3, -0.25) is 9.59 Å². The normalized spacial score (nSPS) is 10.3. The van der Waals surface area contributed by atoms with Gasteiger partial charge in [0.2, 0.25) is 5.91 Å². The van der Waals surface area contributed by atoms with Crippen molar-refractivity contribution in [1.29, 1.82) is 0 Å². The summed E-state index contributed by atoms with van der Waals surface area (Å²) in [6.07, 6.45) is 1.90. The third-order valence-electron chi connectivity index (χ3n) is 2.93. The Labute approximate surface area is 122 Å². The van der Waals surface area contributed by atoms with Crippen LogP contribution >= 0.6 is 11.6 Å². The second kappa shape index (κ2) is 6.39. The van der Waals surface area contributed by atoms with Crippen molar-refractivity contribution in [1.82, 2.24) is 4.57 Å². The van der Waals surface area contributed by atoms with Gasteiger partial charge in [-0.25, -0.2) is 0 Å². The summed E-state index contributed by atoms with van der Waals surface area (Å²) in [7, 11) is 0. The molecule has 1 heterocycles. The Kier molecular flexibility index (Phi) is 4.58. The van der Waals surface area contributed by atoms with Gasteiger partial charge in [0.1, 0.15) is 0 Å². The third-order valence-corrected chi connectivity index (χ3v) is 3.34. The Morgan fingerprint density at radius 2 is 2.10 bits per heavy atom. The van der Waals surface area contributed by atoms with Crippen LogP contribution in [0.25, 0.3) is 0 Å². The predicted molar refractivity (Wildman–Crippen MR) is 80.1 cm³/mol. The molecule has 0 radical (unpaired) electrons. The highest BCUT2D eigenvalue weighted by Gasteiger charge is 2.05. The second-order valence-electron chi connectivity index (χ2n) is 4.49. The van der Waals surface area contributed by atoms with Gasteiger partial charge in [-0.15, -0.1) is 0 Å². The lowest BCUT2D eigenvalue weighted by atomic mass is 10.2. The van der Waals surface area contributed by atoms with Crippen molar-refractivity contribution in [3.63, 3.8) is 0 Å². The van der Waals surface area contributed by atoms with Crippen LogP contribution in [-0.2, 0) is 11.3 Å². The SMILES string of the molecule is Cc1ccc(NC(=O)CCn2ccccc2=O)cc1Cl. The molecule has 0 aliphatic rings. The number of pyridine rings is 1. The van der Waals surface area contributed by atoms with Crippen LogP contribution in [0.2, 0.25) is 5.02 Å². The fraction of sp³-hybridized carbons (Fsp3) is 0.200. The molecule has 1 aromatic carbocycles. The molecule has 0 saturated carbocycles. The highest BCUT2D eigenvalue weighted by Crippen LogP contribution is 2.19. The first-order valence-corrected chi connectivity index (χ1v) is 6.65. The number of hydrogen-bond acceptors (Lipinski definition) is 2. The number of rotatable bonds is 4. The molecule has 1 aromatic heterocycles. The molecule has 0 fully saturated rings. The van der Waals surface area contributed by atoms with E-state index in [9.17, 15) is 9.59 Å². The van der Waals surface area contributed by atoms with E-state index in [1.165, 1.54) is 10.6 Å². The maximum absolute atomic E-state index is 11.8. The molecule has 4 nitrogen and oxygen atoms in total. The number of benzene rings is 1. The Bertz CT molecular complexity index is 680. The fourth-order valence-electron chi connectivity index (χ4n) is 1.76. The average Bonchev–Trinajstić information content (AvgIpc) is 2.42. The van der Waals surface area contributed by atoms with Crippen LogP contribution in [-0.4, -0.2) is 10.5 Å². The van der Waals surface area contributed by atoms with E-state index in [0.717, 1.165) is 5.56 Å². The van der Waals surface area contributed by atoms with E-state index < -0.39 is 0 Å². The average molecular weight is 291 g/mol. The maximum atomic E-state index is 11.8. The zero-order chi connectivity index (χ0) is 14.5. The summed E-state index contributed by atoms with van der Waals surface area (Å²) in [6, 6.07) is 10.3. The van der Waals surface area contributed by atoms with Crippen LogP contribution in [0.3, 0.4) is 0 Å². The maximum Gasteiger partial charge on any atom is 0.250 e. The van der Waals surface area contributed by atoms with Crippen LogP contribution in [0.1, 0.15) is 12.0 Å². The van der Waals surface area contributed by atoms with Crippen LogP contribution in [0.5, 0.6) is 0 Å². The predicted octanol–water partition coefficient (Wildman–Crippen LogP) is 2.84. The van der Waals surface area contributed by atoms with E-state index >= 15 is 0 Å². The van der Waals surface area contributed by atoms with Crippen molar-refractivity contribution in [3.8, 4) is 0 Å². The standard InChI is InChI=1S/C15H15ClN2O2/c1-11-5-6-12(10-13(11)16)17-14(19)7-9-18-8-3-2-4-15(18)20/h2-6,8,10H,7,9H2,1H3,(H,17,19). The van der Waals surface area contributed by atoms with Crippen molar-refractivity contribution < 1.29 is 4.79 Å². The van der Waals surface area contributed by atoms with Crippen LogP contribution in [0, 0.1) is 6.92 Å². The van der Waals surface area contributed by atoms with Crippen molar-refractivity contribution >= 4 is 23.2 Å². The molecule has 1 N–H and O–H groups in total.